The van der Waals surface area contributed by atoms with Crippen LogP contribution in [0.1, 0.15) is 114 Å². The second-order valence-electron chi connectivity index (χ2n) is 10.1. The van der Waals surface area contributed by atoms with E-state index in [1.807, 2.05) is 19.9 Å². The van der Waals surface area contributed by atoms with E-state index in [9.17, 15) is 14.4 Å². The van der Waals surface area contributed by atoms with Crippen LogP contribution in [0.3, 0.4) is 0 Å². The summed E-state index contributed by atoms with van der Waals surface area (Å²) >= 11 is 0. The molecule has 0 bridgehead atoms. The highest BCUT2D eigenvalue weighted by Crippen LogP contribution is 2.59. The first-order valence-corrected chi connectivity index (χ1v) is 14.3. The van der Waals surface area contributed by atoms with Crippen molar-refractivity contribution in [1.29, 1.82) is 0 Å². The van der Waals surface area contributed by atoms with Crippen molar-refractivity contribution >= 4 is 17.3 Å². The minimum absolute atomic E-state index is 0.00775. The molecule has 0 heterocycles. The number of rotatable bonds is 10. The smallest absolute Gasteiger partial charge is 0.155 e. The van der Waals surface area contributed by atoms with Crippen LogP contribution in [0.2, 0.25) is 0 Å². The summed E-state index contributed by atoms with van der Waals surface area (Å²) < 4.78 is 0. The molecule has 0 aromatic carbocycles. The molecule has 0 aliphatic heterocycles. The summed E-state index contributed by atoms with van der Waals surface area (Å²) in [4.78, 5) is 36.7. The quantitative estimate of drug-likeness (QED) is 0.223. The highest BCUT2D eigenvalue weighted by atomic mass is 16.1. The van der Waals surface area contributed by atoms with Crippen LogP contribution < -0.4 is 0 Å². The predicted molar refractivity (Wildman–Crippen MR) is 155 cm³/mol. The average molecular weight is 499 g/mol. The molecule has 36 heavy (non-hydrogen) atoms. The van der Waals surface area contributed by atoms with Crippen LogP contribution in [0.5, 0.6) is 0 Å². The van der Waals surface area contributed by atoms with Gasteiger partial charge in [-0.2, -0.15) is 0 Å². The van der Waals surface area contributed by atoms with Gasteiger partial charge in [-0.1, -0.05) is 78.7 Å². The number of hydrogen-bond donors (Lipinski definition) is 0. The third-order valence-corrected chi connectivity index (χ3v) is 8.96. The van der Waals surface area contributed by atoms with Crippen LogP contribution in [0, 0.1) is 28.6 Å². The molecule has 0 saturated heterocycles. The minimum atomic E-state index is -0.0612. The third kappa shape index (κ3) is 7.05. The van der Waals surface area contributed by atoms with E-state index < -0.39 is 0 Å². The number of allylic oxidation sites excluding steroid dienone is 6. The van der Waals surface area contributed by atoms with Gasteiger partial charge in [0.25, 0.3) is 0 Å². The van der Waals surface area contributed by atoms with Crippen LogP contribution in [0.15, 0.2) is 48.6 Å². The largest absolute Gasteiger partial charge is 0.299 e. The zero-order valence-electron chi connectivity index (χ0n) is 24.8. The van der Waals surface area contributed by atoms with Gasteiger partial charge in [0, 0.05) is 24.2 Å². The van der Waals surface area contributed by atoms with E-state index in [0.29, 0.717) is 24.7 Å². The van der Waals surface area contributed by atoms with Gasteiger partial charge in [-0.05, 0) is 74.9 Å². The van der Waals surface area contributed by atoms with Gasteiger partial charge in [-0.3, -0.25) is 14.4 Å². The molecule has 0 fully saturated rings. The first-order valence-electron chi connectivity index (χ1n) is 14.3. The fraction of sp³-hybridized carbons (Fsp3) is 0.667. The Balaban J connectivity index is 0.00000291. The Morgan fingerprint density at radius 1 is 1.11 bits per heavy atom. The summed E-state index contributed by atoms with van der Waals surface area (Å²) in [5.74, 6) is 1.23. The number of ketones is 3. The van der Waals surface area contributed by atoms with Crippen LogP contribution in [0.4, 0.5) is 0 Å². The molecule has 3 nitrogen and oxygen atoms in total. The lowest BCUT2D eigenvalue weighted by Crippen LogP contribution is -2.47. The molecular formula is C33H54O3. The molecule has 0 aromatic rings. The monoisotopic (exact) mass is 498 g/mol. The summed E-state index contributed by atoms with van der Waals surface area (Å²) in [5, 5.41) is 0. The normalized spacial score (nSPS) is 28.6. The lowest BCUT2D eigenvalue weighted by molar-refractivity contribution is -0.129. The van der Waals surface area contributed by atoms with Crippen molar-refractivity contribution < 1.29 is 14.4 Å². The van der Waals surface area contributed by atoms with Gasteiger partial charge < -0.3 is 0 Å². The topological polar surface area (TPSA) is 51.2 Å². The van der Waals surface area contributed by atoms with E-state index in [1.165, 1.54) is 24.1 Å². The molecule has 0 N–H and O–H groups in total. The van der Waals surface area contributed by atoms with Gasteiger partial charge in [0.15, 0.2) is 11.6 Å². The van der Waals surface area contributed by atoms with Crippen LogP contribution in [-0.2, 0) is 14.4 Å². The van der Waals surface area contributed by atoms with Crippen molar-refractivity contribution in [3.63, 3.8) is 0 Å². The maximum atomic E-state index is 13.3. The highest BCUT2D eigenvalue weighted by molar-refractivity contribution is 5.92. The van der Waals surface area contributed by atoms with E-state index in [1.54, 1.807) is 6.08 Å². The van der Waals surface area contributed by atoms with Gasteiger partial charge in [0.2, 0.25) is 0 Å². The van der Waals surface area contributed by atoms with E-state index >= 15 is 0 Å². The zero-order valence-corrected chi connectivity index (χ0v) is 24.8. The van der Waals surface area contributed by atoms with Crippen LogP contribution in [0.25, 0.3) is 0 Å². The van der Waals surface area contributed by atoms with Gasteiger partial charge in [0.05, 0.1) is 0 Å². The number of Topliss-reactive ketones (excluding diaryl/α,β-unsaturated/α-hetero) is 1. The van der Waals surface area contributed by atoms with Gasteiger partial charge in [0.1, 0.15) is 5.78 Å². The van der Waals surface area contributed by atoms with Crippen molar-refractivity contribution in [3.8, 4) is 0 Å². The average Bonchev–Trinajstić information content (AvgIpc) is 2.89. The molecule has 0 aromatic heterocycles. The number of hydrogen-bond acceptors (Lipinski definition) is 3. The fourth-order valence-electron chi connectivity index (χ4n) is 6.96. The van der Waals surface area contributed by atoms with Crippen molar-refractivity contribution in [2.24, 2.45) is 28.6 Å². The maximum Gasteiger partial charge on any atom is 0.155 e. The van der Waals surface area contributed by atoms with Crippen molar-refractivity contribution in [2.75, 3.05) is 0 Å². The third-order valence-electron chi connectivity index (χ3n) is 8.96. The Bertz CT molecular complexity index is 830. The molecule has 2 rings (SSSR count). The predicted octanol–water partition coefficient (Wildman–Crippen LogP) is 9.04. The minimum Gasteiger partial charge on any atom is -0.299 e. The maximum absolute atomic E-state index is 13.3. The van der Waals surface area contributed by atoms with Gasteiger partial charge in [-0.25, -0.2) is 0 Å². The molecule has 0 radical (unpaired) electrons. The fourth-order valence-corrected chi connectivity index (χ4v) is 6.96. The first kappa shape index (κ1) is 34.0. The van der Waals surface area contributed by atoms with Crippen molar-refractivity contribution in [1.82, 2.24) is 0 Å². The number of carbonyl (C=O) groups is 3. The van der Waals surface area contributed by atoms with Crippen LogP contribution in [-0.4, -0.2) is 17.3 Å². The van der Waals surface area contributed by atoms with E-state index in [0.717, 1.165) is 38.5 Å². The zero-order chi connectivity index (χ0) is 28.1. The summed E-state index contributed by atoms with van der Waals surface area (Å²) in [7, 11) is 0. The standard InChI is InChI=1S/C29H44O3.C2H6.C2H4/c1-8-23-19-24(31)15-17-29(23,11-4)26-16-18-28(10-3,22(7)21(26)6)25(9-2)27(32)14-12-13-20(5)30;2*1-2/h12-13,16,19,21-22,25H,8-11,14-15,17-18H2,1-7H3;1-2H3;1-2H2/b13-12-;;. The summed E-state index contributed by atoms with van der Waals surface area (Å²) in [6.07, 6.45) is 14.2. The summed E-state index contributed by atoms with van der Waals surface area (Å²) in [6, 6.07) is 0. The SMILES string of the molecule is C=C.CC.CCC1=CC(=O)CCC1(CC)C1=CCC(CC)(C(CC)C(=O)C/C=C\C(C)=O)C(C)C1C. The van der Waals surface area contributed by atoms with Crippen LogP contribution >= 0.6 is 0 Å². The Morgan fingerprint density at radius 3 is 2.19 bits per heavy atom. The molecular weight excluding hydrogens is 444 g/mol. The summed E-state index contributed by atoms with van der Waals surface area (Å²) in [6.45, 7) is 25.0. The second kappa shape index (κ2) is 15.9. The molecule has 204 valence electrons. The lowest BCUT2D eigenvalue weighted by atomic mass is 9.50. The van der Waals surface area contributed by atoms with Gasteiger partial charge in [-0.15, -0.1) is 13.2 Å². The Labute approximate surface area is 222 Å². The first-order chi connectivity index (χ1) is 17.1. The van der Waals surface area contributed by atoms with Crippen molar-refractivity contribution in [3.05, 3.63) is 48.6 Å². The van der Waals surface area contributed by atoms with E-state index in [2.05, 4.69) is 60.8 Å². The molecule has 5 atom stereocenters. The Kier molecular flexibility index (Phi) is 15.0. The number of carbonyl (C=O) groups excluding carboxylic acids is 3. The Hall–Kier alpha value is -2.03. The van der Waals surface area contributed by atoms with E-state index in [-0.39, 0.29) is 34.1 Å². The lowest BCUT2D eigenvalue weighted by Gasteiger charge is -2.53. The molecule has 2 aliphatic rings. The molecule has 5 unspecified atom stereocenters. The Morgan fingerprint density at radius 2 is 1.72 bits per heavy atom. The summed E-state index contributed by atoms with van der Waals surface area (Å²) in [5.41, 5.74) is 2.72. The molecule has 0 spiro atoms. The molecule has 2 aliphatic carbocycles. The molecule has 0 saturated carbocycles. The molecule has 3 heteroatoms. The van der Waals surface area contributed by atoms with Gasteiger partial charge >= 0.3 is 0 Å². The second-order valence-corrected chi connectivity index (χ2v) is 10.1. The highest BCUT2D eigenvalue weighted by Gasteiger charge is 2.51. The van der Waals surface area contributed by atoms with Crippen molar-refractivity contribution in [2.45, 2.75) is 114 Å². The molecule has 0 amide bonds. The van der Waals surface area contributed by atoms with E-state index in [4.69, 9.17) is 0 Å².